The molecule has 0 aromatic heterocycles. The second kappa shape index (κ2) is 10.6. The molecule has 1 saturated heterocycles. The first-order valence-electron chi connectivity index (χ1n) is 11.1. The number of carbonyl (C=O) groups excluding carboxylic acids is 3. The summed E-state index contributed by atoms with van der Waals surface area (Å²) in [5, 5.41) is 2.94. The van der Waals surface area contributed by atoms with Crippen LogP contribution in [0, 0.1) is 0 Å². The smallest absolute Gasteiger partial charge is 0.331 e. The number of halogens is 2. The van der Waals surface area contributed by atoms with Crippen LogP contribution in [0.1, 0.15) is 43.7 Å². The van der Waals surface area contributed by atoms with Gasteiger partial charge in [-0.05, 0) is 77.2 Å². The number of rotatable bonds is 7. The van der Waals surface area contributed by atoms with Crippen LogP contribution in [-0.2, 0) is 16.2 Å². The molecule has 0 bridgehead atoms. The fourth-order valence-electron chi connectivity index (χ4n) is 4.14. The maximum atomic E-state index is 13.1. The molecule has 1 aliphatic heterocycles. The van der Waals surface area contributed by atoms with Crippen molar-refractivity contribution in [3.63, 3.8) is 0 Å². The van der Waals surface area contributed by atoms with Crippen molar-refractivity contribution >= 4 is 51.5 Å². The van der Waals surface area contributed by atoms with Gasteiger partial charge in [0.1, 0.15) is 12.2 Å². The number of urea groups is 1. The van der Waals surface area contributed by atoms with Crippen LogP contribution in [0.15, 0.2) is 46.4 Å². The number of benzene rings is 2. The van der Waals surface area contributed by atoms with Gasteiger partial charge in [-0.3, -0.25) is 19.8 Å². The number of nitrogens with one attached hydrogen (secondary N) is 1. The van der Waals surface area contributed by atoms with Gasteiger partial charge in [-0.1, -0.05) is 36.6 Å². The van der Waals surface area contributed by atoms with Gasteiger partial charge in [-0.15, -0.1) is 0 Å². The van der Waals surface area contributed by atoms with E-state index >= 15 is 0 Å². The summed E-state index contributed by atoms with van der Waals surface area (Å²) in [5.74, 6) is -0.314. The van der Waals surface area contributed by atoms with E-state index in [4.69, 9.17) is 21.1 Å². The Morgan fingerprint density at radius 1 is 1.12 bits per heavy atom. The van der Waals surface area contributed by atoms with Crippen molar-refractivity contribution in [3.8, 4) is 11.5 Å². The number of imide groups is 2. The minimum atomic E-state index is -0.707. The van der Waals surface area contributed by atoms with Crippen molar-refractivity contribution in [2.75, 3.05) is 6.61 Å². The summed E-state index contributed by atoms with van der Waals surface area (Å²) in [6.45, 7) is 2.55. The van der Waals surface area contributed by atoms with Crippen molar-refractivity contribution in [1.29, 1.82) is 0 Å². The number of ether oxygens (including phenoxy) is 2. The van der Waals surface area contributed by atoms with Crippen molar-refractivity contribution in [3.05, 3.63) is 62.6 Å². The van der Waals surface area contributed by atoms with Crippen LogP contribution in [0.5, 0.6) is 11.5 Å². The minimum absolute atomic E-state index is 0.0873. The summed E-state index contributed by atoms with van der Waals surface area (Å²) >= 11 is 9.46. The molecule has 1 N–H and O–H groups in total. The third kappa shape index (κ3) is 5.28. The van der Waals surface area contributed by atoms with E-state index in [2.05, 4.69) is 21.2 Å². The molecule has 0 spiro atoms. The molecule has 1 aliphatic carbocycles. The number of amides is 4. The lowest BCUT2D eigenvalue weighted by molar-refractivity contribution is -0.131. The van der Waals surface area contributed by atoms with Gasteiger partial charge in [0, 0.05) is 11.1 Å². The molecule has 0 radical (unpaired) electrons. The van der Waals surface area contributed by atoms with E-state index in [0.717, 1.165) is 31.2 Å². The number of hydrogen-bond donors (Lipinski definition) is 1. The molecule has 7 nitrogen and oxygen atoms in total. The Labute approximate surface area is 211 Å². The van der Waals surface area contributed by atoms with Crippen LogP contribution >= 0.6 is 27.5 Å². The van der Waals surface area contributed by atoms with E-state index in [0.29, 0.717) is 39.8 Å². The number of barbiturate groups is 1. The molecule has 34 heavy (non-hydrogen) atoms. The summed E-state index contributed by atoms with van der Waals surface area (Å²) in [6.07, 6.45) is 4.89. The standard InChI is InChI=1S/C25H24BrClN2O5/c1-2-33-21-13-16(12-20(26)22(21)34-14-15-7-9-17(27)10-8-15)11-19-23(30)28-25(32)29(24(19)31)18-5-3-4-6-18/h7-13,18H,2-6,14H2,1H3,(H,28,30,32)/b19-11+. The van der Waals surface area contributed by atoms with Crippen LogP contribution in [0.3, 0.4) is 0 Å². The van der Waals surface area contributed by atoms with E-state index in [1.807, 2.05) is 19.1 Å². The SMILES string of the molecule is CCOc1cc(/C=C2\C(=O)NC(=O)N(C3CCCC3)C2=O)cc(Br)c1OCc1ccc(Cl)cc1. The third-order valence-electron chi connectivity index (χ3n) is 5.76. The molecular weight excluding hydrogens is 524 g/mol. The lowest BCUT2D eigenvalue weighted by atomic mass is 10.0. The average molecular weight is 548 g/mol. The average Bonchev–Trinajstić information content (AvgIpc) is 3.32. The van der Waals surface area contributed by atoms with Gasteiger partial charge in [-0.25, -0.2) is 4.79 Å². The Bertz CT molecular complexity index is 1140. The molecule has 0 atom stereocenters. The van der Waals surface area contributed by atoms with Gasteiger partial charge in [0.05, 0.1) is 11.1 Å². The highest BCUT2D eigenvalue weighted by atomic mass is 79.9. The van der Waals surface area contributed by atoms with Gasteiger partial charge in [-0.2, -0.15) is 0 Å². The van der Waals surface area contributed by atoms with Crippen LogP contribution in [0.2, 0.25) is 5.02 Å². The van der Waals surface area contributed by atoms with Crippen LogP contribution in [-0.4, -0.2) is 35.4 Å². The summed E-state index contributed by atoms with van der Waals surface area (Å²) in [6, 6.07) is 9.94. The molecule has 1 saturated carbocycles. The van der Waals surface area contributed by atoms with Gasteiger partial charge in [0.2, 0.25) is 0 Å². The number of carbonyl (C=O) groups is 3. The summed E-state index contributed by atoms with van der Waals surface area (Å²) in [4.78, 5) is 39.1. The Morgan fingerprint density at radius 2 is 1.82 bits per heavy atom. The van der Waals surface area contributed by atoms with E-state index in [1.165, 1.54) is 11.0 Å². The first-order chi connectivity index (χ1) is 16.4. The Balaban J connectivity index is 1.61. The molecule has 9 heteroatoms. The van der Waals surface area contributed by atoms with Gasteiger partial charge < -0.3 is 9.47 Å². The topological polar surface area (TPSA) is 84.9 Å². The second-order valence-corrected chi connectivity index (χ2v) is 9.40. The third-order valence-corrected chi connectivity index (χ3v) is 6.60. The summed E-state index contributed by atoms with van der Waals surface area (Å²) in [5.41, 5.74) is 1.41. The van der Waals surface area contributed by atoms with Crippen molar-refractivity contribution in [2.24, 2.45) is 0 Å². The maximum absolute atomic E-state index is 13.1. The molecule has 4 amide bonds. The van der Waals surface area contributed by atoms with Crippen LogP contribution < -0.4 is 14.8 Å². The number of hydrogen-bond acceptors (Lipinski definition) is 5. The van der Waals surface area contributed by atoms with E-state index in [-0.39, 0.29) is 11.6 Å². The van der Waals surface area contributed by atoms with E-state index in [9.17, 15) is 14.4 Å². The van der Waals surface area contributed by atoms with E-state index in [1.54, 1.807) is 24.3 Å². The molecule has 2 aliphatic rings. The Hall–Kier alpha value is -2.84. The predicted molar refractivity (Wildman–Crippen MR) is 132 cm³/mol. The molecular formula is C25H24BrClN2O5. The lowest BCUT2D eigenvalue weighted by Crippen LogP contribution is -2.57. The summed E-state index contributed by atoms with van der Waals surface area (Å²) in [7, 11) is 0. The monoisotopic (exact) mass is 546 g/mol. The van der Waals surface area contributed by atoms with Crippen molar-refractivity contribution in [1.82, 2.24) is 10.2 Å². The number of nitrogens with zero attached hydrogens (tertiary/aromatic N) is 1. The Morgan fingerprint density at radius 3 is 2.50 bits per heavy atom. The first-order valence-corrected chi connectivity index (χ1v) is 12.3. The van der Waals surface area contributed by atoms with Crippen molar-refractivity contribution < 1.29 is 23.9 Å². The van der Waals surface area contributed by atoms with Crippen LogP contribution in [0.25, 0.3) is 6.08 Å². The second-order valence-electron chi connectivity index (χ2n) is 8.11. The highest BCUT2D eigenvalue weighted by Crippen LogP contribution is 2.38. The molecule has 2 aromatic rings. The zero-order chi connectivity index (χ0) is 24.2. The normalized spacial score (nSPS) is 17.9. The fourth-order valence-corrected chi connectivity index (χ4v) is 4.84. The zero-order valence-electron chi connectivity index (χ0n) is 18.6. The fraction of sp³-hybridized carbons (Fsp3) is 0.320. The summed E-state index contributed by atoms with van der Waals surface area (Å²) < 4.78 is 12.4. The quantitative estimate of drug-likeness (QED) is 0.366. The van der Waals surface area contributed by atoms with Crippen molar-refractivity contribution in [2.45, 2.75) is 45.3 Å². The first kappa shape index (κ1) is 24.3. The molecule has 2 fully saturated rings. The van der Waals surface area contributed by atoms with Gasteiger partial charge in [0.25, 0.3) is 11.8 Å². The highest BCUT2D eigenvalue weighted by Gasteiger charge is 2.40. The molecule has 0 unspecified atom stereocenters. The molecule has 2 aromatic carbocycles. The van der Waals surface area contributed by atoms with Gasteiger partial charge in [0.15, 0.2) is 11.5 Å². The minimum Gasteiger partial charge on any atom is -0.490 e. The molecule has 178 valence electrons. The Kier molecular flexibility index (Phi) is 7.58. The maximum Gasteiger partial charge on any atom is 0.331 e. The lowest BCUT2D eigenvalue weighted by Gasteiger charge is -2.31. The molecule has 1 heterocycles. The molecule has 4 rings (SSSR count). The predicted octanol–water partition coefficient (Wildman–Crippen LogP) is 5.48. The highest BCUT2D eigenvalue weighted by molar-refractivity contribution is 9.10. The van der Waals surface area contributed by atoms with Crippen LogP contribution in [0.4, 0.5) is 4.79 Å². The van der Waals surface area contributed by atoms with Gasteiger partial charge >= 0.3 is 6.03 Å². The zero-order valence-corrected chi connectivity index (χ0v) is 20.9. The largest absolute Gasteiger partial charge is 0.490 e. The van der Waals surface area contributed by atoms with E-state index < -0.39 is 17.8 Å².